The minimum absolute atomic E-state index is 0.346. The van der Waals surface area contributed by atoms with Gasteiger partial charge >= 0.3 is 0 Å². The Kier molecular flexibility index (Phi) is 2.15. The van der Waals surface area contributed by atoms with E-state index in [-0.39, 0.29) is 0 Å². The first kappa shape index (κ1) is 9.97. The Morgan fingerprint density at radius 1 is 1.00 bits per heavy atom. The average Bonchev–Trinajstić information content (AvgIpc) is 2.76. The summed E-state index contributed by atoms with van der Waals surface area (Å²) in [6.07, 6.45) is 0. The molecule has 0 spiro atoms. The lowest BCUT2D eigenvalue weighted by Crippen LogP contribution is -1.81. The number of aromatic nitrogens is 1. The van der Waals surface area contributed by atoms with E-state index >= 15 is 0 Å². The molecule has 2 nitrogen and oxygen atoms in total. The van der Waals surface area contributed by atoms with Crippen LogP contribution in [0.25, 0.3) is 22.2 Å². The first-order valence-corrected chi connectivity index (χ1v) is 5.62. The molecule has 0 atom stereocenters. The van der Waals surface area contributed by atoms with Crippen molar-refractivity contribution < 1.29 is 5.11 Å². The lowest BCUT2D eigenvalue weighted by molar-refractivity contribution is 0.473. The van der Waals surface area contributed by atoms with Gasteiger partial charge in [0.15, 0.2) is 0 Å². The summed E-state index contributed by atoms with van der Waals surface area (Å²) in [5, 5.41) is 11.2. The number of rotatable bonds is 1. The molecule has 0 aliphatic heterocycles. The van der Waals surface area contributed by atoms with Gasteiger partial charge in [-0.25, -0.2) is 0 Å². The van der Waals surface area contributed by atoms with Crippen LogP contribution in [0, 0.1) is 6.92 Å². The fourth-order valence-corrected chi connectivity index (χ4v) is 2.09. The third kappa shape index (κ3) is 1.58. The van der Waals surface area contributed by atoms with Crippen molar-refractivity contribution >= 4 is 10.9 Å². The second-order valence-corrected chi connectivity index (χ2v) is 4.24. The number of benzene rings is 2. The van der Waals surface area contributed by atoms with E-state index in [0.717, 1.165) is 27.7 Å². The number of hydrogen-bond acceptors (Lipinski definition) is 1. The molecule has 0 saturated carbocycles. The van der Waals surface area contributed by atoms with Crippen molar-refractivity contribution in [2.24, 2.45) is 0 Å². The SMILES string of the molecule is Cc1cccc(-c2cc3ccccc3[nH]2)c1O. The fraction of sp³-hybridized carbons (Fsp3) is 0.0667. The highest BCUT2D eigenvalue weighted by molar-refractivity contribution is 5.87. The van der Waals surface area contributed by atoms with Crippen LogP contribution in [0.4, 0.5) is 0 Å². The summed E-state index contributed by atoms with van der Waals surface area (Å²) in [7, 11) is 0. The molecule has 0 fully saturated rings. The normalized spacial score (nSPS) is 10.9. The zero-order valence-electron chi connectivity index (χ0n) is 9.57. The van der Waals surface area contributed by atoms with Gasteiger partial charge in [-0.15, -0.1) is 0 Å². The molecule has 0 amide bonds. The molecule has 0 unspecified atom stereocenters. The van der Waals surface area contributed by atoms with Crippen molar-refractivity contribution in [2.45, 2.75) is 6.92 Å². The third-order valence-electron chi connectivity index (χ3n) is 3.06. The molecule has 1 heterocycles. The van der Waals surface area contributed by atoms with Crippen LogP contribution in [0.15, 0.2) is 48.5 Å². The van der Waals surface area contributed by atoms with Crippen LogP contribution in [0.3, 0.4) is 0 Å². The highest BCUT2D eigenvalue weighted by atomic mass is 16.3. The van der Waals surface area contributed by atoms with E-state index in [9.17, 15) is 5.11 Å². The summed E-state index contributed by atoms with van der Waals surface area (Å²) in [4.78, 5) is 3.32. The van der Waals surface area contributed by atoms with E-state index in [1.165, 1.54) is 0 Å². The molecule has 2 heteroatoms. The number of aromatic hydroxyl groups is 1. The number of H-pyrrole nitrogens is 1. The molecule has 1 aromatic heterocycles. The second kappa shape index (κ2) is 3.67. The number of hydrogen-bond donors (Lipinski definition) is 2. The number of phenols is 1. The summed E-state index contributed by atoms with van der Waals surface area (Å²) >= 11 is 0. The number of nitrogens with one attached hydrogen (secondary N) is 1. The first-order valence-electron chi connectivity index (χ1n) is 5.62. The number of phenolic OH excluding ortho intramolecular Hbond substituents is 1. The van der Waals surface area contributed by atoms with Gasteiger partial charge in [0.25, 0.3) is 0 Å². The van der Waals surface area contributed by atoms with Gasteiger partial charge in [-0.05, 0) is 30.7 Å². The third-order valence-corrected chi connectivity index (χ3v) is 3.06. The van der Waals surface area contributed by atoms with Crippen LogP contribution in [-0.2, 0) is 0 Å². The molecule has 0 aliphatic rings. The summed E-state index contributed by atoms with van der Waals surface area (Å²) in [5.41, 5.74) is 3.78. The second-order valence-electron chi connectivity index (χ2n) is 4.24. The van der Waals surface area contributed by atoms with Crippen molar-refractivity contribution in [2.75, 3.05) is 0 Å². The Morgan fingerprint density at radius 2 is 1.82 bits per heavy atom. The molecule has 17 heavy (non-hydrogen) atoms. The largest absolute Gasteiger partial charge is 0.507 e. The number of aromatic amines is 1. The Bertz CT molecular complexity index is 649. The van der Waals surface area contributed by atoms with Crippen molar-refractivity contribution in [1.29, 1.82) is 0 Å². The van der Waals surface area contributed by atoms with Crippen molar-refractivity contribution in [3.05, 3.63) is 54.1 Å². The molecule has 0 aliphatic carbocycles. The van der Waals surface area contributed by atoms with Gasteiger partial charge in [0.1, 0.15) is 5.75 Å². The van der Waals surface area contributed by atoms with Crippen LogP contribution in [-0.4, -0.2) is 10.1 Å². The first-order chi connectivity index (χ1) is 8.25. The van der Waals surface area contributed by atoms with Gasteiger partial charge in [0, 0.05) is 16.5 Å². The summed E-state index contributed by atoms with van der Waals surface area (Å²) < 4.78 is 0. The molecule has 2 N–H and O–H groups in total. The van der Waals surface area contributed by atoms with Gasteiger partial charge in [-0.2, -0.15) is 0 Å². The number of para-hydroxylation sites is 2. The average molecular weight is 223 g/mol. The van der Waals surface area contributed by atoms with E-state index in [1.54, 1.807) is 0 Å². The minimum Gasteiger partial charge on any atom is -0.507 e. The molecule has 0 bridgehead atoms. The highest BCUT2D eigenvalue weighted by Crippen LogP contribution is 2.32. The molecule has 2 aromatic carbocycles. The van der Waals surface area contributed by atoms with Gasteiger partial charge in [-0.3, -0.25) is 0 Å². The lowest BCUT2D eigenvalue weighted by Gasteiger charge is -2.04. The van der Waals surface area contributed by atoms with Crippen LogP contribution in [0.5, 0.6) is 5.75 Å². The van der Waals surface area contributed by atoms with Gasteiger partial charge in [-0.1, -0.05) is 30.3 Å². The Balaban J connectivity index is 2.24. The van der Waals surface area contributed by atoms with E-state index in [4.69, 9.17) is 0 Å². The van der Waals surface area contributed by atoms with Crippen molar-refractivity contribution in [1.82, 2.24) is 4.98 Å². The maximum Gasteiger partial charge on any atom is 0.127 e. The smallest absolute Gasteiger partial charge is 0.127 e. The zero-order chi connectivity index (χ0) is 11.8. The van der Waals surface area contributed by atoms with E-state index < -0.39 is 0 Å². The van der Waals surface area contributed by atoms with Gasteiger partial charge in [0.05, 0.1) is 5.69 Å². The van der Waals surface area contributed by atoms with E-state index in [1.807, 2.05) is 43.3 Å². The number of fused-ring (bicyclic) bond motifs is 1. The van der Waals surface area contributed by atoms with Crippen LogP contribution in [0.1, 0.15) is 5.56 Å². The zero-order valence-corrected chi connectivity index (χ0v) is 9.57. The quantitative estimate of drug-likeness (QED) is 0.645. The van der Waals surface area contributed by atoms with Crippen LogP contribution < -0.4 is 0 Å². The maximum atomic E-state index is 10.1. The summed E-state index contributed by atoms with van der Waals surface area (Å²) in [6, 6.07) is 15.9. The molecule has 3 rings (SSSR count). The standard InChI is InChI=1S/C15H13NO/c1-10-5-4-7-12(15(10)17)14-9-11-6-2-3-8-13(11)16-14/h2-9,16-17H,1H3. The van der Waals surface area contributed by atoms with Crippen LogP contribution in [0.2, 0.25) is 0 Å². The molecule has 3 aromatic rings. The summed E-state index contributed by atoms with van der Waals surface area (Å²) in [5.74, 6) is 0.346. The van der Waals surface area contributed by atoms with E-state index in [2.05, 4.69) is 17.1 Å². The monoisotopic (exact) mass is 223 g/mol. The Hall–Kier alpha value is -2.22. The highest BCUT2D eigenvalue weighted by Gasteiger charge is 2.08. The van der Waals surface area contributed by atoms with Crippen molar-refractivity contribution in [3.8, 4) is 17.0 Å². The fourth-order valence-electron chi connectivity index (χ4n) is 2.09. The minimum atomic E-state index is 0.346. The topological polar surface area (TPSA) is 36.0 Å². The maximum absolute atomic E-state index is 10.1. The Morgan fingerprint density at radius 3 is 2.65 bits per heavy atom. The molecule has 84 valence electrons. The van der Waals surface area contributed by atoms with E-state index in [0.29, 0.717) is 5.75 Å². The number of aryl methyl sites for hydroxylation is 1. The lowest BCUT2D eigenvalue weighted by atomic mass is 10.1. The molecule has 0 radical (unpaired) electrons. The van der Waals surface area contributed by atoms with Gasteiger partial charge < -0.3 is 10.1 Å². The van der Waals surface area contributed by atoms with Crippen molar-refractivity contribution in [3.63, 3.8) is 0 Å². The molecule has 0 saturated heterocycles. The van der Waals surface area contributed by atoms with Gasteiger partial charge in [0.2, 0.25) is 0 Å². The molecular weight excluding hydrogens is 210 g/mol. The molecular formula is C15H13NO. The Labute approximate surface area is 99.5 Å². The predicted octanol–water partition coefficient (Wildman–Crippen LogP) is 3.85. The predicted molar refractivity (Wildman–Crippen MR) is 70.1 cm³/mol. The van der Waals surface area contributed by atoms with Crippen LogP contribution >= 0.6 is 0 Å². The summed E-state index contributed by atoms with van der Waals surface area (Å²) in [6.45, 7) is 1.90.